The van der Waals surface area contributed by atoms with Gasteiger partial charge in [-0.1, -0.05) is 167 Å². The highest BCUT2D eigenvalue weighted by Crippen LogP contribution is 2.55. The Balaban J connectivity index is 0.970. The van der Waals surface area contributed by atoms with Crippen molar-refractivity contribution in [3.8, 4) is 33.4 Å². The molecule has 63 heavy (non-hydrogen) atoms. The Labute approximate surface area is 367 Å². The van der Waals surface area contributed by atoms with Gasteiger partial charge < -0.3 is 13.7 Å². The van der Waals surface area contributed by atoms with Gasteiger partial charge in [-0.3, -0.25) is 0 Å². The quantitative estimate of drug-likeness (QED) is 0.173. The van der Waals surface area contributed by atoms with E-state index < -0.39 is 0 Å². The monoisotopic (exact) mass is 811 g/mol. The lowest BCUT2D eigenvalue weighted by atomic mass is 9.74. The second kappa shape index (κ2) is 13.1. The van der Waals surface area contributed by atoms with Gasteiger partial charge in [-0.25, -0.2) is 0 Å². The van der Waals surface area contributed by atoms with E-state index in [0.29, 0.717) is 11.8 Å². The first-order chi connectivity index (χ1) is 30.8. The maximum Gasteiger partial charge on any atom is 0.144 e. The molecule has 0 amide bonds. The first kappa shape index (κ1) is 36.3. The first-order valence-corrected chi connectivity index (χ1v) is 22.2. The van der Waals surface area contributed by atoms with E-state index in [4.69, 9.17) is 8.83 Å². The summed E-state index contributed by atoms with van der Waals surface area (Å²) in [7, 11) is 0. The normalized spacial score (nSPS) is 17.7. The van der Waals surface area contributed by atoms with Crippen LogP contribution in [0.4, 0.5) is 17.1 Å². The topological polar surface area (TPSA) is 29.5 Å². The van der Waals surface area contributed by atoms with E-state index in [2.05, 4.69) is 209 Å². The van der Waals surface area contributed by atoms with E-state index in [1.165, 1.54) is 39.1 Å². The standard InChI is InChI=1S/C60H45NO2/c1-59(2)49-22-11-8-17-42(49)44-31-29-39(33-51(44)59)61(40-30-32-45-43-18-9-12-23-50(43)60(3,4)52(45)34-40)38-27-25-36(26-28-38)41-20-14-21-46-48-35-54-56(47-19-10-13-24-53(47)62-54)55(58(48)63-57(41)46)37-15-6-5-7-16-37/h5-35,42,49H,1-4H3. The van der Waals surface area contributed by atoms with Gasteiger partial charge in [0.2, 0.25) is 0 Å². The molecule has 13 rings (SSSR count). The minimum Gasteiger partial charge on any atom is -0.456 e. The molecule has 2 atom stereocenters. The Morgan fingerprint density at radius 2 is 1.14 bits per heavy atom. The van der Waals surface area contributed by atoms with Crippen LogP contribution in [0.3, 0.4) is 0 Å². The molecule has 0 radical (unpaired) electrons. The summed E-state index contributed by atoms with van der Waals surface area (Å²) in [5, 5.41) is 4.28. The molecule has 0 N–H and O–H groups in total. The zero-order valence-electron chi connectivity index (χ0n) is 35.8. The molecule has 10 aromatic rings. The van der Waals surface area contributed by atoms with Gasteiger partial charge in [-0.15, -0.1) is 0 Å². The van der Waals surface area contributed by atoms with Crippen molar-refractivity contribution in [2.75, 3.05) is 4.90 Å². The maximum atomic E-state index is 7.10. The maximum absolute atomic E-state index is 7.10. The molecule has 2 heterocycles. The van der Waals surface area contributed by atoms with Crippen molar-refractivity contribution < 1.29 is 8.83 Å². The highest BCUT2D eigenvalue weighted by molar-refractivity contribution is 6.24. The van der Waals surface area contributed by atoms with Crippen molar-refractivity contribution in [1.29, 1.82) is 0 Å². The van der Waals surface area contributed by atoms with Gasteiger partial charge in [-0.05, 0) is 104 Å². The third-order valence-electron chi connectivity index (χ3n) is 14.8. The largest absolute Gasteiger partial charge is 0.456 e. The van der Waals surface area contributed by atoms with Gasteiger partial charge in [0.15, 0.2) is 0 Å². The number of allylic oxidation sites excluding steroid dienone is 4. The van der Waals surface area contributed by atoms with Crippen molar-refractivity contribution in [3.05, 3.63) is 210 Å². The molecule has 0 bridgehead atoms. The van der Waals surface area contributed by atoms with Gasteiger partial charge in [0.25, 0.3) is 0 Å². The summed E-state index contributed by atoms with van der Waals surface area (Å²) in [5.74, 6) is 0.837. The van der Waals surface area contributed by atoms with Crippen LogP contribution in [0.2, 0.25) is 0 Å². The number of fused-ring (bicyclic) bond motifs is 12. The Morgan fingerprint density at radius 1 is 0.460 bits per heavy atom. The summed E-state index contributed by atoms with van der Waals surface area (Å²) >= 11 is 0. The SMILES string of the molecule is CC1(C)c2ccccc2-c2ccc(N(c3ccc(-c4cccc5c4oc4c(-c6ccccc6)c6c(cc45)oc4ccccc46)cc3)c3ccc4c(c3)C(C)(C)C3C=CC=CC43)cc21. The molecular weight excluding hydrogens is 767 g/mol. The Bertz CT molecular complexity index is 3580. The van der Waals surface area contributed by atoms with Crippen molar-refractivity contribution in [3.63, 3.8) is 0 Å². The number of nitrogens with zero attached hydrogens (tertiary/aromatic N) is 1. The van der Waals surface area contributed by atoms with Crippen LogP contribution < -0.4 is 4.90 Å². The van der Waals surface area contributed by atoms with Crippen LogP contribution in [-0.4, -0.2) is 0 Å². The molecule has 3 aliphatic carbocycles. The van der Waals surface area contributed by atoms with Crippen LogP contribution in [0.15, 0.2) is 197 Å². The first-order valence-electron chi connectivity index (χ1n) is 22.2. The lowest BCUT2D eigenvalue weighted by Gasteiger charge is -2.31. The average molecular weight is 812 g/mol. The summed E-state index contributed by atoms with van der Waals surface area (Å²) in [5.41, 5.74) is 19.4. The van der Waals surface area contributed by atoms with E-state index in [1.54, 1.807) is 0 Å². The molecule has 2 aromatic heterocycles. The fraction of sp³-hybridized carbons (Fsp3) is 0.133. The van der Waals surface area contributed by atoms with Crippen LogP contribution in [-0.2, 0) is 10.8 Å². The van der Waals surface area contributed by atoms with Gasteiger partial charge in [0.1, 0.15) is 22.3 Å². The van der Waals surface area contributed by atoms with Crippen molar-refractivity contribution >= 4 is 60.9 Å². The second-order valence-corrected chi connectivity index (χ2v) is 18.8. The number of hydrogen-bond acceptors (Lipinski definition) is 3. The number of para-hydroxylation sites is 2. The van der Waals surface area contributed by atoms with E-state index in [1.807, 2.05) is 12.1 Å². The molecule has 2 unspecified atom stereocenters. The molecule has 3 aliphatic rings. The van der Waals surface area contributed by atoms with Gasteiger partial charge >= 0.3 is 0 Å². The molecule has 8 aromatic carbocycles. The summed E-state index contributed by atoms with van der Waals surface area (Å²) in [4.78, 5) is 2.46. The molecular formula is C60H45NO2. The van der Waals surface area contributed by atoms with Crippen molar-refractivity contribution in [2.45, 2.75) is 44.4 Å². The molecule has 302 valence electrons. The highest BCUT2D eigenvalue weighted by atomic mass is 16.3. The Hall–Kier alpha value is -7.36. The fourth-order valence-electron chi connectivity index (χ4n) is 11.6. The molecule has 0 spiro atoms. The van der Waals surface area contributed by atoms with Gasteiger partial charge in [-0.2, -0.15) is 0 Å². The Morgan fingerprint density at radius 3 is 2.00 bits per heavy atom. The number of hydrogen-bond donors (Lipinski definition) is 0. The molecule has 0 fully saturated rings. The number of rotatable bonds is 5. The summed E-state index contributed by atoms with van der Waals surface area (Å²) in [6.07, 6.45) is 9.23. The van der Waals surface area contributed by atoms with Crippen LogP contribution in [0, 0.1) is 5.92 Å². The van der Waals surface area contributed by atoms with E-state index >= 15 is 0 Å². The van der Waals surface area contributed by atoms with E-state index in [-0.39, 0.29) is 10.8 Å². The summed E-state index contributed by atoms with van der Waals surface area (Å²) in [6.45, 7) is 9.56. The molecule has 0 saturated carbocycles. The molecule has 0 saturated heterocycles. The van der Waals surface area contributed by atoms with Gasteiger partial charge in [0.05, 0.1) is 0 Å². The summed E-state index contributed by atoms with van der Waals surface area (Å²) < 4.78 is 13.6. The van der Waals surface area contributed by atoms with Crippen molar-refractivity contribution in [1.82, 2.24) is 0 Å². The third-order valence-corrected chi connectivity index (χ3v) is 14.8. The zero-order valence-corrected chi connectivity index (χ0v) is 35.8. The van der Waals surface area contributed by atoms with Gasteiger partial charge in [0, 0.05) is 61.1 Å². The third kappa shape index (κ3) is 5.14. The number of furan rings is 2. The van der Waals surface area contributed by atoms with Crippen molar-refractivity contribution in [2.24, 2.45) is 5.92 Å². The molecule has 0 aliphatic heterocycles. The molecule has 3 nitrogen and oxygen atoms in total. The summed E-state index contributed by atoms with van der Waals surface area (Å²) in [6, 6.07) is 59.8. The highest BCUT2D eigenvalue weighted by Gasteiger charge is 2.45. The van der Waals surface area contributed by atoms with Crippen LogP contribution >= 0.6 is 0 Å². The minimum absolute atomic E-state index is 0.00430. The Kier molecular flexibility index (Phi) is 7.54. The predicted octanol–water partition coefficient (Wildman–Crippen LogP) is 16.7. The predicted molar refractivity (Wildman–Crippen MR) is 262 cm³/mol. The number of benzene rings is 8. The number of anilines is 3. The zero-order chi connectivity index (χ0) is 42.2. The van der Waals surface area contributed by atoms with E-state index in [9.17, 15) is 0 Å². The van der Waals surface area contributed by atoms with E-state index in [0.717, 1.165) is 77.5 Å². The van der Waals surface area contributed by atoms with Crippen LogP contribution in [0.25, 0.3) is 77.3 Å². The van der Waals surface area contributed by atoms with Crippen LogP contribution in [0.5, 0.6) is 0 Å². The van der Waals surface area contributed by atoms with Crippen LogP contribution in [0.1, 0.15) is 55.9 Å². The lowest BCUT2D eigenvalue weighted by Crippen LogP contribution is -2.24. The second-order valence-electron chi connectivity index (χ2n) is 18.8. The fourth-order valence-corrected chi connectivity index (χ4v) is 11.6. The smallest absolute Gasteiger partial charge is 0.144 e. The molecule has 3 heteroatoms. The lowest BCUT2D eigenvalue weighted by molar-refractivity contribution is 0.394. The minimum atomic E-state index is -0.118. The average Bonchev–Trinajstić information content (AvgIpc) is 4.01.